The molecule has 3 N–H and O–H groups in total. The van der Waals surface area contributed by atoms with E-state index < -0.39 is 0 Å². The Kier molecular flexibility index (Phi) is 5.84. The number of benzene rings is 2. The van der Waals surface area contributed by atoms with Crippen LogP contribution < -0.4 is 10.1 Å². The SMILES string of the molecule is CC(C)COc1ccc(NC(=O)/C=C/c2ccc(O)c(O)c2)cc1. The van der Waals surface area contributed by atoms with Crippen LogP contribution in [0.5, 0.6) is 17.2 Å². The second-order valence-electron chi connectivity index (χ2n) is 5.80. The van der Waals surface area contributed by atoms with Gasteiger partial charge in [0.2, 0.25) is 5.91 Å². The van der Waals surface area contributed by atoms with Gasteiger partial charge in [-0.2, -0.15) is 0 Å². The van der Waals surface area contributed by atoms with Crippen LogP contribution in [0.15, 0.2) is 48.5 Å². The number of phenolic OH excluding ortho intramolecular Hbond substituents is 2. The summed E-state index contributed by atoms with van der Waals surface area (Å²) in [6, 6.07) is 11.5. The molecule has 2 rings (SSSR count). The third-order valence-electron chi connectivity index (χ3n) is 3.13. The number of rotatable bonds is 6. The predicted molar refractivity (Wildman–Crippen MR) is 94.2 cm³/mol. The molecule has 0 atom stereocenters. The summed E-state index contributed by atoms with van der Waals surface area (Å²) in [4.78, 5) is 11.9. The summed E-state index contributed by atoms with van der Waals surface area (Å²) in [5, 5.41) is 21.4. The first kappa shape index (κ1) is 17.4. The minimum absolute atomic E-state index is 0.198. The third kappa shape index (κ3) is 5.35. The van der Waals surface area contributed by atoms with Gasteiger partial charge in [0.15, 0.2) is 11.5 Å². The lowest BCUT2D eigenvalue weighted by molar-refractivity contribution is -0.111. The Morgan fingerprint density at radius 2 is 1.83 bits per heavy atom. The van der Waals surface area contributed by atoms with Gasteiger partial charge in [-0.15, -0.1) is 0 Å². The molecule has 0 radical (unpaired) electrons. The van der Waals surface area contributed by atoms with Gasteiger partial charge in [-0.05, 0) is 54.0 Å². The second kappa shape index (κ2) is 8.06. The zero-order chi connectivity index (χ0) is 17.5. The van der Waals surface area contributed by atoms with Gasteiger partial charge in [0.1, 0.15) is 5.75 Å². The average molecular weight is 327 g/mol. The van der Waals surface area contributed by atoms with Crippen LogP contribution in [0.25, 0.3) is 6.08 Å². The molecule has 0 aliphatic carbocycles. The number of hydrogen-bond donors (Lipinski definition) is 3. The van der Waals surface area contributed by atoms with Crippen molar-refractivity contribution in [3.05, 3.63) is 54.1 Å². The van der Waals surface area contributed by atoms with Crippen LogP contribution in [0.1, 0.15) is 19.4 Å². The number of phenols is 2. The molecule has 1 amide bonds. The first-order chi connectivity index (χ1) is 11.4. The molecule has 0 aliphatic rings. The molecule has 0 saturated carbocycles. The van der Waals surface area contributed by atoms with Gasteiger partial charge < -0.3 is 20.3 Å². The van der Waals surface area contributed by atoms with Crippen molar-refractivity contribution in [1.82, 2.24) is 0 Å². The monoisotopic (exact) mass is 327 g/mol. The molecule has 0 saturated heterocycles. The van der Waals surface area contributed by atoms with Crippen molar-refractivity contribution in [2.45, 2.75) is 13.8 Å². The molecule has 0 heterocycles. The van der Waals surface area contributed by atoms with E-state index in [0.717, 1.165) is 5.75 Å². The van der Waals surface area contributed by atoms with Gasteiger partial charge in [-0.25, -0.2) is 0 Å². The van der Waals surface area contributed by atoms with Crippen molar-refractivity contribution in [1.29, 1.82) is 0 Å². The van der Waals surface area contributed by atoms with E-state index in [1.54, 1.807) is 36.4 Å². The normalized spacial score (nSPS) is 11.0. The Labute approximate surface area is 141 Å². The van der Waals surface area contributed by atoms with Crippen molar-refractivity contribution in [3.63, 3.8) is 0 Å². The Morgan fingerprint density at radius 3 is 2.46 bits per heavy atom. The maximum Gasteiger partial charge on any atom is 0.248 e. The summed E-state index contributed by atoms with van der Waals surface area (Å²) < 4.78 is 5.58. The molecule has 24 heavy (non-hydrogen) atoms. The number of carbonyl (C=O) groups excluding carboxylic acids is 1. The van der Waals surface area contributed by atoms with Crippen molar-refractivity contribution < 1.29 is 19.7 Å². The van der Waals surface area contributed by atoms with Gasteiger partial charge in [-0.3, -0.25) is 4.79 Å². The molecule has 0 aliphatic heterocycles. The van der Waals surface area contributed by atoms with Gasteiger partial charge in [0.25, 0.3) is 0 Å². The zero-order valence-electron chi connectivity index (χ0n) is 13.7. The molecule has 2 aromatic rings. The Balaban J connectivity index is 1.91. The van der Waals surface area contributed by atoms with Crippen LogP contribution >= 0.6 is 0 Å². The summed E-state index contributed by atoms with van der Waals surface area (Å²) in [6.45, 7) is 4.80. The van der Waals surface area contributed by atoms with E-state index in [-0.39, 0.29) is 17.4 Å². The van der Waals surface area contributed by atoms with Crippen LogP contribution in [0.4, 0.5) is 5.69 Å². The fourth-order valence-corrected chi connectivity index (χ4v) is 1.90. The van der Waals surface area contributed by atoms with E-state index in [1.807, 2.05) is 0 Å². The molecule has 2 aromatic carbocycles. The van der Waals surface area contributed by atoms with Crippen molar-refractivity contribution in [3.8, 4) is 17.2 Å². The molecule has 5 heteroatoms. The smallest absolute Gasteiger partial charge is 0.248 e. The lowest BCUT2D eigenvalue weighted by Gasteiger charge is -2.09. The highest BCUT2D eigenvalue weighted by Crippen LogP contribution is 2.25. The van der Waals surface area contributed by atoms with Gasteiger partial charge in [0.05, 0.1) is 6.61 Å². The lowest BCUT2D eigenvalue weighted by atomic mass is 10.2. The number of carbonyl (C=O) groups is 1. The average Bonchev–Trinajstić information content (AvgIpc) is 2.55. The largest absolute Gasteiger partial charge is 0.504 e. The molecule has 0 fully saturated rings. The number of aromatic hydroxyl groups is 2. The zero-order valence-corrected chi connectivity index (χ0v) is 13.7. The first-order valence-corrected chi connectivity index (χ1v) is 7.68. The minimum atomic E-state index is -0.293. The van der Waals surface area contributed by atoms with Crippen LogP contribution in [0.2, 0.25) is 0 Å². The highest BCUT2D eigenvalue weighted by Gasteiger charge is 2.02. The van der Waals surface area contributed by atoms with E-state index in [1.165, 1.54) is 18.2 Å². The summed E-state index contributed by atoms with van der Waals surface area (Å²) in [5.74, 6) is 0.495. The van der Waals surface area contributed by atoms with Crippen LogP contribution in [-0.4, -0.2) is 22.7 Å². The minimum Gasteiger partial charge on any atom is -0.504 e. The molecule has 0 unspecified atom stereocenters. The number of nitrogens with one attached hydrogen (secondary N) is 1. The highest BCUT2D eigenvalue weighted by molar-refractivity contribution is 6.01. The van der Waals surface area contributed by atoms with E-state index in [0.29, 0.717) is 23.8 Å². The quantitative estimate of drug-likeness (QED) is 0.557. The molecule has 5 nitrogen and oxygen atoms in total. The lowest BCUT2D eigenvalue weighted by Crippen LogP contribution is -2.08. The fourth-order valence-electron chi connectivity index (χ4n) is 1.90. The number of amides is 1. The fraction of sp³-hybridized carbons (Fsp3) is 0.211. The van der Waals surface area contributed by atoms with Crippen molar-refractivity contribution in [2.24, 2.45) is 5.92 Å². The molecule has 0 spiro atoms. The Bertz CT molecular complexity index is 721. The summed E-state index contributed by atoms with van der Waals surface area (Å²) in [6.07, 6.45) is 2.91. The summed E-state index contributed by atoms with van der Waals surface area (Å²) in [5.41, 5.74) is 1.27. The third-order valence-corrected chi connectivity index (χ3v) is 3.13. The molecular weight excluding hydrogens is 306 g/mol. The highest BCUT2D eigenvalue weighted by atomic mass is 16.5. The predicted octanol–water partition coefficient (Wildman–Crippen LogP) is 3.78. The Hall–Kier alpha value is -2.95. The standard InChI is InChI=1S/C19H21NO4/c1-13(2)12-24-16-7-5-15(6-8-16)20-19(23)10-4-14-3-9-17(21)18(22)11-14/h3-11,13,21-22H,12H2,1-2H3,(H,20,23)/b10-4+. The maximum atomic E-state index is 11.9. The molecule has 0 aromatic heterocycles. The molecule has 126 valence electrons. The van der Waals surface area contributed by atoms with E-state index in [4.69, 9.17) is 4.74 Å². The van der Waals surface area contributed by atoms with Gasteiger partial charge in [0, 0.05) is 11.8 Å². The molecule has 0 bridgehead atoms. The number of ether oxygens (including phenoxy) is 1. The van der Waals surface area contributed by atoms with Crippen molar-refractivity contribution >= 4 is 17.7 Å². The number of hydrogen-bond acceptors (Lipinski definition) is 4. The van der Waals surface area contributed by atoms with Crippen LogP contribution in [0, 0.1) is 5.92 Å². The van der Waals surface area contributed by atoms with E-state index in [9.17, 15) is 15.0 Å². The van der Waals surface area contributed by atoms with Gasteiger partial charge in [-0.1, -0.05) is 19.9 Å². The topological polar surface area (TPSA) is 78.8 Å². The second-order valence-corrected chi connectivity index (χ2v) is 5.80. The van der Waals surface area contributed by atoms with Crippen LogP contribution in [0.3, 0.4) is 0 Å². The molecular formula is C19H21NO4. The maximum absolute atomic E-state index is 11.9. The van der Waals surface area contributed by atoms with E-state index in [2.05, 4.69) is 19.2 Å². The van der Waals surface area contributed by atoms with Gasteiger partial charge >= 0.3 is 0 Å². The van der Waals surface area contributed by atoms with Crippen LogP contribution in [-0.2, 0) is 4.79 Å². The Morgan fingerprint density at radius 1 is 1.12 bits per heavy atom. The first-order valence-electron chi connectivity index (χ1n) is 7.68. The number of anilines is 1. The van der Waals surface area contributed by atoms with E-state index >= 15 is 0 Å². The summed E-state index contributed by atoms with van der Waals surface area (Å²) >= 11 is 0. The van der Waals surface area contributed by atoms with Crippen molar-refractivity contribution in [2.75, 3.05) is 11.9 Å². The summed E-state index contributed by atoms with van der Waals surface area (Å²) in [7, 11) is 0.